The van der Waals surface area contributed by atoms with Crippen molar-refractivity contribution in [2.24, 2.45) is 0 Å². The highest BCUT2D eigenvalue weighted by atomic mass is 15.5. The zero-order valence-electron chi connectivity index (χ0n) is 7.07. The van der Waals surface area contributed by atoms with Gasteiger partial charge in [0, 0.05) is 6.20 Å². The number of nitrogens with zero attached hydrogens (tertiary/aromatic N) is 1. The largest absolute Gasteiger partial charge is 0.305 e. The highest BCUT2D eigenvalue weighted by Crippen LogP contribution is 2.16. The van der Waals surface area contributed by atoms with Gasteiger partial charge in [-0.2, -0.15) is 0 Å². The van der Waals surface area contributed by atoms with E-state index in [4.69, 9.17) is 0 Å². The summed E-state index contributed by atoms with van der Waals surface area (Å²) in [4.78, 5) is 0. The van der Waals surface area contributed by atoms with Crippen LogP contribution in [0.1, 0.15) is 6.92 Å². The highest BCUT2D eigenvalue weighted by Gasteiger charge is 2.13. The van der Waals surface area contributed by atoms with E-state index in [2.05, 4.69) is 35.6 Å². The fourth-order valence-electron chi connectivity index (χ4n) is 1.36. The number of nitrogens with one attached hydrogen (secondary N) is 1. The molecule has 1 unspecified atom stereocenters. The predicted molar refractivity (Wildman–Crippen MR) is 50.7 cm³/mol. The molecule has 0 aliphatic carbocycles. The lowest BCUT2D eigenvalue weighted by molar-refractivity contribution is 0.729. The number of hydrazine groups is 1. The van der Waals surface area contributed by atoms with E-state index in [9.17, 15) is 0 Å². The van der Waals surface area contributed by atoms with Gasteiger partial charge in [0.1, 0.15) is 0 Å². The molecule has 1 aliphatic rings. The van der Waals surface area contributed by atoms with Crippen LogP contribution in [0.2, 0.25) is 0 Å². The maximum atomic E-state index is 3.18. The Balaban J connectivity index is 2.22. The first-order valence-electron chi connectivity index (χ1n) is 4.15. The van der Waals surface area contributed by atoms with Crippen LogP contribution in [0, 0.1) is 0 Å². The van der Waals surface area contributed by atoms with E-state index < -0.39 is 0 Å². The number of anilines is 1. The lowest BCUT2D eigenvalue weighted by atomic mass is 10.2. The molecule has 0 bridgehead atoms. The van der Waals surface area contributed by atoms with Crippen LogP contribution in [-0.4, -0.2) is 6.04 Å². The van der Waals surface area contributed by atoms with Gasteiger partial charge in [0.15, 0.2) is 0 Å². The maximum absolute atomic E-state index is 3.18. The smallest absolute Gasteiger partial charge is 0.0673 e. The summed E-state index contributed by atoms with van der Waals surface area (Å²) in [5.41, 5.74) is 4.38. The van der Waals surface area contributed by atoms with Crippen LogP contribution in [0.4, 0.5) is 5.69 Å². The Hall–Kier alpha value is -1.44. The summed E-state index contributed by atoms with van der Waals surface area (Å²) in [6.07, 6.45) is 4.10. The van der Waals surface area contributed by atoms with Crippen molar-refractivity contribution in [3.8, 4) is 0 Å². The first-order valence-corrected chi connectivity index (χ1v) is 4.15. The quantitative estimate of drug-likeness (QED) is 0.675. The number of hydrogen-bond acceptors (Lipinski definition) is 2. The van der Waals surface area contributed by atoms with Gasteiger partial charge in [-0.15, -0.1) is 0 Å². The monoisotopic (exact) mass is 160 g/mol. The Bertz CT molecular complexity index is 279. The van der Waals surface area contributed by atoms with Crippen LogP contribution in [0.5, 0.6) is 0 Å². The molecule has 2 rings (SSSR count). The molecule has 1 aliphatic heterocycles. The second-order valence-electron chi connectivity index (χ2n) is 2.93. The molecule has 1 aromatic carbocycles. The second kappa shape index (κ2) is 2.89. The molecule has 12 heavy (non-hydrogen) atoms. The molecular weight excluding hydrogens is 148 g/mol. The summed E-state index contributed by atoms with van der Waals surface area (Å²) >= 11 is 0. The van der Waals surface area contributed by atoms with Crippen LogP contribution in [0.15, 0.2) is 42.6 Å². The van der Waals surface area contributed by atoms with Gasteiger partial charge in [-0.1, -0.05) is 18.2 Å². The lowest BCUT2D eigenvalue weighted by Gasteiger charge is -2.23. The molecule has 1 N–H and O–H groups in total. The van der Waals surface area contributed by atoms with Crippen LogP contribution in [0.25, 0.3) is 0 Å². The maximum Gasteiger partial charge on any atom is 0.0673 e. The standard InChI is InChI=1S/C10H12N2/c1-9-7-8-11-12(9)10-5-3-2-4-6-10/h2-9,11H,1H3. The van der Waals surface area contributed by atoms with E-state index in [0.717, 1.165) is 0 Å². The third kappa shape index (κ3) is 1.16. The van der Waals surface area contributed by atoms with Crippen molar-refractivity contribution in [1.29, 1.82) is 0 Å². The van der Waals surface area contributed by atoms with Crippen molar-refractivity contribution in [3.63, 3.8) is 0 Å². The average molecular weight is 160 g/mol. The van der Waals surface area contributed by atoms with Crippen LogP contribution < -0.4 is 10.4 Å². The number of benzene rings is 1. The molecular formula is C10H12N2. The fraction of sp³-hybridized carbons (Fsp3) is 0.200. The van der Waals surface area contributed by atoms with Gasteiger partial charge < -0.3 is 5.43 Å². The third-order valence-electron chi connectivity index (χ3n) is 2.03. The SMILES string of the molecule is CC1C=CNN1c1ccccc1. The van der Waals surface area contributed by atoms with Crippen molar-refractivity contribution in [1.82, 2.24) is 5.43 Å². The molecule has 2 nitrogen and oxygen atoms in total. The van der Waals surface area contributed by atoms with Gasteiger partial charge in [-0.3, -0.25) is 5.01 Å². The molecule has 2 heteroatoms. The minimum Gasteiger partial charge on any atom is -0.305 e. The Labute approximate surface area is 72.5 Å². The molecule has 1 aromatic rings. The van der Waals surface area contributed by atoms with Crippen molar-refractivity contribution in [2.45, 2.75) is 13.0 Å². The summed E-state index contributed by atoms with van der Waals surface area (Å²) < 4.78 is 0. The molecule has 0 fully saturated rings. The summed E-state index contributed by atoms with van der Waals surface area (Å²) in [6.45, 7) is 2.16. The summed E-state index contributed by atoms with van der Waals surface area (Å²) in [5, 5.41) is 2.12. The minimum atomic E-state index is 0.437. The van der Waals surface area contributed by atoms with Gasteiger partial charge in [0.25, 0.3) is 0 Å². The molecule has 62 valence electrons. The van der Waals surface area contributed by atoms with Gasteiger partial charge in [0.05, 0.1) is 11.7 Å². The predicted octanol–water partition coefficient (Wildman–Crippen LogP) is 1.91. The van der Waals surface area contributed by atoms with Crippen LogP contribution in [-0.2, 0) is 0 Å². The van der Waals surface area contributed by atoms with Crippen molar-refractivity contribution in [2.75, 3.05) is 5.01 Å². The number of hydrogen-bond donors (Lipinski definition) is 1. The van der Waals surface area contributed by atoms with E-state index in [-0.39, 0.29) is 0 Å². The van der Waals surface area contributed by atoms with Crippen molar-refractivity contribution in [3.05, 3.63) is 42.6 Å². The van der Waals surface area contributed by atoms with Crippen LogP contribution in [0.3, 0.4) is 0 Å². The molecule has 0 saturated heterocycles. The zero-order chi connectivity index (χ0) is 8.39. The Morgan fingerprint density at radius 3 is 2.58 bits per heavy atom. The lowest BCUT2D eigenvalue weighted by Crippen LogP contribution is -2.35. The summed E-state index contributed by atoms with van der Waals surface area (Å²) in [5.74, 6) is 0. The first-order chi connectivity index (χ1) is 5.88. The summed E-state index contributed by atoms with van der Waals surface area (Å²) in [6, 6.07) is 10.7. The normalized spacial score (nSPS) is 21.1. The Morgan fingerprint density at radius 1 is 1.25 bits per heavy atom. The topological polar surface area (TPSA) is 15.3 Å². The third-order valence-corrected chi connectivity index (χ3v) is 2.03. The molecule has 0 aromatic heterocycles. The van der Waals surface area contributed by atoms with Gasteiger partial charge in [-0.05, 0) is 25.1 Å². The Kier molecular flexibility index (Phi) is 1.74. The average Bonchev–Trinajstić information content (AvgIpc) is 2.53. The van der Waals surface area contributed by atoms with Gasteiger partial charge in [-0.25, -0.2) is 0 Å². The zero-order valence-corrected chi connectivity index (χ0v) is 7.07. The number of rotatable bonds is 1. The molecule has 0 radical (unpaired) electrons. The molecule has 1 atom stereocenters. The van der Waals surface area contributed by atoms with Gasteiger partial charge >= 0.3 is 0 Å². The highest BCUT2D eigenvalue weighted by molar-refractivity contribution is 5.48. The molecule has 0 spiro atoms. The molecule has 1 heterocycles. The summed E-state index contributed by atoms with van der Waals surface area (Å²) in [7, 11) is 0. The van der Waals surface area contributed by atoms with E-state index >= 15 is 0 Å². The van der Waals surface area contributed by atoms with E-state index in [1.165, 1.54) is 5.69 Å². The van der Waals surface area contributed by atoms with Gasteiger partial charge in [0.2, 0.25) is 0 Å². The van der Waals surface area contributed by atoms with E-state index in [1.807, 2.05) is 24.4 Å². The first kappa shape index (κ1) is 7.22. The van der Waals surface area contributed by atoms with E-state index in [1.54, 1.807) is 0 Å². The Morgan fingerprint density at radius 2 is 2.00 bits per heavy atom. The molecule has 0 saturated carbocycles. The fourth-order valence-corrected chi connectivity index (χ4v) is 1.36. The molecule has 0 amide bonds. The van der Waals surface area contributed by atoms with Crippen molar-refractivity contribution >= 4 is 5.69 Å². The second-order valence-corrected chi connectivity index (χ2v) is 2.93. The van der Waals surface area contributed by atoms with E-state index in [0.29, 0.717) is 6.04 Å². The van der Waals surface area contributed by atoms with Crippen LogP contribution >= 0.6 is 0 Å². The van der Waals surface area contributed by atoms with Crippen molar-refractivity contribution < 1.29 is 0 Å². The minimum absolute atomic E-state index is 0.437. The number of para-hydroxylation sites is 1.